The molecule has 0 aliphatic heterocycles. The molecule has 0 spiro atoms. The Morgan fingerprint density at radius 1 is 0.731 bits per heavy atom. The van der Waals surface area contributed by atoms with Crippen LogP contribution < -0.4 is 0 Å². The van der Waals surface area contributed by atoms with Crippen LogP contribution in [0, 0.1) is 24.7 Å². The zero-order valence-corrected chi connectivity index (χ0v) is 29.6. The Bertz CT molecular complexity index is 2500. The molecule has 52 heavy (non-hydrogen) atoms. The zero-order valence-electron chi connectivity index (χ0n) is 29.6. The number of aryl methyl sites for hydroxylation is 1. The quantitative estimate of drug-likeness (QED) is 0.0918. The highest BCUT2D eigenvalue weighted by atomic mass is 15.0. The molecule has 8 rings (SSSR count). The van der Waals surface area contributed by atoms with Crippen LogP contribution in [0.1, 0.15) is 35.6 Å². The summed E-state index contributed by atoms with van der Waals surface area (Å²) in [4.78, 5) is 9.09. The molecule has 1 atom stereocenters. The molecule has 1 heterocycles. The van der Waals surface area contributed by atoms with Crippen LogP contribution in [0.15, 0.2) is 168 Å². The molecule has 3 heteroatoms. The van der Waals surface area contributed by atoms with E-state index in [1.165, 1.54) is 33.0 Å². The molecule has 0 amide bonds. The summed E-state index contributed by atoms with van der Waals surface area (Å²) in [6.45, 7) is 8.69. The number of amidine groups is 1. The van der Waals surface area contributed by atoms with E-state index >= 15 is 0 Å². The molecule has 0 N–H and O–H groups in total. The first kappa shape index (κ1) is 32.7. The largest absolute Gasteiger partial charge is 0.310 e. The Morgan fingerprint density at radius 2 is 1.31 bits per heavy atom. The molecule has 6 aromatic carbocycles. The number of hydrogen-bond acceptors (Lipinski definition) is 1. The van der Waals surface area contributed by atoms with Crippen LogP contribution in [0.4, 0.5) is 0 Å². The molecule has 3 nitrogen and oxygen atoms in total. The summed E-state index contributed by atoms with van der Waals surface area (Å²) < 4.78 is 2.41. The summed E-state index contributed by atoms with van der Waals surface area (Å²) in [5.41, 5.74) is 13.2. The van der Waals surface area contributed by atoms with Crippen molar-refractivity contribution in [2.24, 2.45) is 15.4 Å². The van der Waals surface area contributed by atoms with Crippen LogP contribution >= 0.6 is 0 Å². The Balaban J connectivity index is 1.25. The van der Waals surface area contributed by atoms with Crippen molar-refractivity contribution in [3.63, 3.8) is 0 Å². The van der Waals surface area contributed by atoms with Crippen molar-refractivity contribution in [2.45, 2.75) is 26.8 Å². The van der Waals surface area contributed by atoms with Crippen molar-refractivity contribution in [1.29, 1.82) is 0 Å². The molecule has 0 fully saturated rings. The summed E-state index contributed by atoms with van der Waals surface area (Å²) in [5, 5.41) is 2.44. The van der Waals surface area contributed by atoms with Crippen molar-refractivity contribution in [2.75, 3.05) is 0 Å². The molecular weight excluding hydrogens is 631 g/mol. The monoisotopic (exact) mass is 669 g/mol. The number of aliphatic imine (C=N–C) groups is 2. The lowest BCUT2D eigenvalue weighted by molar-refractivity contribution is 0.604. The van der Waals surface area contributed by atoms with Gasteiger partial charge in [0.1, 0.15) is 0 Å². The summed E-state index contributed by atoms with van der Waals surface area (Å²) in [7, 11) is 0. The van der Waals surface area contributed by atoms with Gasteiger partial charge < -0.3 is 4.57 Å². The molecule has 0 radical (unpaired) electrons. The van der Waals surface area contributed by atoms with Crippen molar-refractivity contribution in [3.8, 4) is 34.6 Å². The first-order valence-corrected chi connectivity index (χ1v) is 17.7. The number of terminal acetylenes is 1. The van der Waals surface area contributed by atoms with Gasteiger partial charge in [-0.2, -0.15) is 0 Å². The van der Waals surface area contributed by atoms with Gasteiger partial charge in [-0.05, 0) is 108 Å². The molecule has 1 aliphatic carbocycles. The van der Waals surface area contributed by atoms with Gasteiger partial charge in [-0.25, -0.2) is 4.99 Å². The van der Waals surface area contributed by atoms with Gasteiger partial charge in [-0.15, -0.1) is 6.42 Å². The van der Waals surface area contributed by atoms with Gasteiger partial charge in [0.15, 0.2) is 5.84 Å². The summed E-state index contributed by atoms with van der Waals surface area (Å²) in [6, 6.07) is 51.5. The first-order chi connectivity index (χ1) is 25.5. The van der Waals surface area contributed by atoms with Gasteiger partial charge >= 0.3 is 0 Å². The second-order valence-electron chi connectivity index (χ2n) is 13.7. The maximum absolute atomic E-state index is 6.33. The number of benzene rings is 6. The lowest BCUT2D eigenvalue weighted by Crippen LogP contribution is -2.20. The topological polar surface area (TPSA) is 29.6 Å². The summed E-state index contributed by atoms with van der Waals surface area (Å²) in [6.07, 6.45) is 11.7. The highest BCUT2D eigenvalue weighted by Crippen LogP contribution is 2.46. The SMILES string of the molecule is C#CC1(C)CC=C(n2c3ccc(-c4ccccc4)cc3c3cc(-c4ccccc4)ccc32)C=C1c1ccc(C(N=C)=NCc2ccccc2)cc1C. The van der Waals surface area contributed by atoms with E-state index in [1.807, 2.05) is 18.2 Å². The van der Waals surface area contributed by atoms with E-state index < -0.39 is 5.41 Å². The lowest BCUT2D eigenvalue weighted by Gasteiger charge is -2.32. The van der Waals surface area contributed by atoms with E-state index in [2.05, 4.69) is 176 Å². The van der Waals surface area contributed by atoms with Crippen molar-refractivity contribution in [3.05, 3.63) is 180 Å². The van der Waals surface area contributed by atoms with E-state index in [-0.39, 0.29) is 0 Å². The molecule has 1 aliphatic rings. The second kappa shape index (κ2) is 13.7. The molecule has 0 saturated carbocycles. The minimum atomic E-state index is -0.476. The molecular formula is C49H39N3. The average molecular weight is 670 g/mol. The molecule has 250 valence electrons. The van der Waals surface area contributed by atoms with Gasteiger partial charge in [0.05, 0.1) is 23.0 Å². The van der Waals surface area contributed by atoms with E-state index in [1.54, 1.807) is 0 Å². The highest BCUT2D eigenvalue weighted by molar-refractivity contribution is 6.13. The standard InChI is InChI=1S/C49H39N3/c1-5-49(3)28-27-41(32-45(49)42-24-21-40(29-34(42)2)48(50-4)51-33-35-15-9-6-10-16-35)52-46-25-22-38(36-17-11-7-12-18-36)30-43(46)44-31-39(23-26-47(44)52)37-19-13-8-14-20-37/h1,6-27,29-32H,4,28,33H2,2-3H3. The molecule has 0 saturated heterocycles. The number of allylic oxidation sites excluding steroid dienone is 4. The molecule has 7 aromatic rings. The average Bonchev–Trinajstić information content (AvgIpc) is 3.52. The zero-order chi connectivity index (χ0) is 35.7. The van der Waals surface area contributed by atoms with Crippen LogP contribution in [0.2, 0.25) is 0 Å². The van der Waals surface area contributed by atoms with Gasteiger partial charge in [-0.3, -0.25) is 4.99 Å². The van der Waals surface area contributed by atoms with Gasteiger partial charge in [0.2, 0.25) is 0 Å². The summed E-state index contributed by atoms with van der Waals surface area (Å²) >= 11 is 0. The van der Waals surface area contributed by atoms with Crippen LogP contribution in [0.5, 0.6) is 0 Å². The third-order valence-corrected chi connectivity index (χ3v) is 10.3. The summed E-state index contributed by atoms with van der Waals surface area (Å²) in [5.74, 6) is 3.79. The van der Waals surface area contributed by atoms with Crippen LogP contribution in [0.3, 0.4) is 0 Å². The van der Waals surface area contributed by atoms with Crippen LogP contribution in [-0.2, 0) is 6.54 Å². The fourth-order valence-corrected chi connectivity index (χ4v) is 7.46. The van der Waals surface area contributed by atoms with Gasteiger partial charge in [-0.1, -0.05) is 127 Å². The maximum Gasteiger partial charge on any atom is 0.154 e. The van der Waals surface area contributed by atoms with Gasteiger partial charge in [0, 0.05) is 22.0 Å². The van der Waals surface area contributed by atoms with E-state index in [0.717, 1.165) is 51.0 Å². The van der Waals surface area contributed by atoms with E-state index in [9.17, 15) is 0 Å². The number of fused-ring (bicyclic) bond motifs is 3. The Morgan fingerprint density at radius 3 is 1.85 bits per heavy atom. The van der Waals surface area contributed by atoms with E-state index in [0.29, 0.717) is 12.4 Å². The van der Waals surface area contributed by atoms with Crippen molar-refractivity contribution in [1.82, 2.24) is 4.57 Å². The lowest BCUT2D eigenvalue weighted by atomic mass is 9.72. The molecule has 0 bridgehead atoms. The minimum Gasteiger partial charge on any atom is -0.310 e. The fraction of sp³-hybridized carbons (Fsp3) is 0.102. The molecule has 1 unspecified atom stereocenters. The fourth-order valence-electron chi connectivity index (χ4n) is 7.46. The Hall–Kier alpha value is -6.50. The van der Waals surface area contributed by atoms with Crippen molar-refractivity contribution >= 4 is 45.6 Å². The molecule has 1 aromatic heterocycles. The number of hydrogen-bond donors (Lipinski definition) is 0. The smallest absolute Gasteiger partial charge is 0.154 e. The maximum atomic E-state index is 6.33. The number of rotatable bonds is 7. The van der Waals surface area contributed by atoms with Crippen LogP contribution in [0.25, 0.3) is 55.3 Å². The highest BCUT2D eigenvalue weighted by Gasteiger charge is 2.32. The second-order valence-corrected chi connectivity index (χ2v) is 13.7. The predicted molar refractivity (Wildman–Crippen MR) is 222 cm³/mol. The van der Waals surface area contributed by atoms with E-state index in [4.69, 9.17) is 11.4 Å². The normalized spacial score (nSPS) is 16.0. The van der Waals surface area contributed by atoms with Crippen molar-refractivity contribution < 1.29 is 0 Å². The third-order valence-electron chi connectivity index (χ3n) is 10.3. The minimum absolute atomic E-state index is 0.476. The predicted octanol–water partition coefficient (Wildman–Crippen LogP) is 12.1. The number of nitrogens with zero attached hydrogens (tertiary/aromatic N) is 3. The Kier molecular flexibility index (Phi) is 8.59. The third kappa shape index (κ3) is 5.99. The number of aromatic nitrogens is 1. The Labute approximate surface area is 306 Å². The van der Waals surface area contributed by atoms with Gasteiger partial charge in [0.25, 0.3) is 0 Å². The first-order valence-electron chi connectivity index (χ1n) is 17.7. The van der Waals surface area contributed by atoms with Crippen LogP contribution in [-0.4, -0.2) is 17.1 Å².